The minimum atomic E-state index is -0.227. The van der Waals surface area contributed by atoms with Crippen molar-refractivity contribution < 1.29 is 4.79 Å². The van der Waals surface area contributed by atoms with E-state index in [0.717, 1.165) is 12.0 Å². The van der Waals surface area contributed by atoms with Gasteiger partial charge in [-0.3, -0.25) is 10.1 Å². The molecule has 1 N–H and O–H groups in total. The molecule has 6 nitrogen and oxygen atoms in total. The van der Waals surface area contributed by atoms with Gasteiger partial charge in [0.25, 0.3) is 11.9 Å². The smallest absolute Gasteiger partial charge is 0.270 e. The van der Waals surface area contributed by atoms with E-state index in [0.29, 0.717) is 12.1 Å². The first-order valence-corrected chi connectivity index (χ1v) is 5.85. The lowest BCUT2D eigenvalue weighted by Gasteiger charge is -2.01. The summed E-state index contributed by atoms with van der Waals surface area (Å²) in [5.41, 5.74) is 1.62. The zero-order valence-electron chi connectivity index (χ0n) is 10.4. The Hall–Kier alpha value is -2.24. The van der Waals surface area contributed by atoms with Crippen molar-refractivity contribution in [2.24, 2.45) is 0 Å². The fourth-order valence-corrected chi connectivity index (χ4v) is 1.55. The van der Waals surface area contributed by atoms with E-state index in [1.165, 1.54) is 4.80 Å². The van der Waals surface area contributed by atoms with E-state index in [-0.39, 0.29) is 11.9 Å². The first-order chi connectivity index (χ1) is 8.69. The van der Waals surface area contributed by atoms with Crippen LogP contribution in [0.25, 0.3) is 0 Å². The normalized spacial score (nSPS) is 10.3. The molecule has 2 aromatic rings. The van der Waals surface area contributed by atoms with Crippen LogP contribution in [0.4, 0.5) is 5.95 Å². The van der Waals surface area contributed by atoms with Gasteiger partial charge < -0.3 is 0 Å². The Kier molecular flexibility index (Phi) is 3.66. The summed E-state index contributed by atoms with van der Waals surface area (Å²) in [5.74, 6) is 0.00436. The molecule has 6 heteroatoms. The van der Waals surface area contributed by atoms with Crippen LogP contribution in [0.15, 0.2) is 24.3 Å². The standard InChI is InChI=1S/C12H15N5O/c1-3-7-17-15-12(14-16-17)13-11(18)10-6-4-5-9(2)8-10/h4-6,8H,3,7H2,1-2H3,(H,13,15,18). The van der Waals surface area contributed by atoms with Gasteiger partial charge >= 0.3 is 0 Å². The summed E-state index contributed by atoms with van der Waals surface area (Å²) in [7, 11) is 0. The maximum Gasteiger partial charge on any atom is 0.270 e. The Morgan fingerprint density at radius 3 is 3.00 bits per heavy atom. The minimum absolute atomic E-state index is 0.227. The highest BCUT2D eigenvalue weighted by atomic mass is 16.1. The summed E-state index contributed by atoms with van der Waals surface area (Å²) < 4.78 is 0. The number of anilines is 1. The summed E-state index contributed by atoms with van der Waals surface area (Å²) >= 11 is 0. The van der Waals surface area contributed by atoms with Crippen molar-refractivity contribution in [1.29, 1.82) is 0 Å². The molecule has 2 rings (SSSR count). The van der Waals surface area contributed by atoms with Gasteiger partial charge in [0.15, 0.2) is 0 Å². The average Bonchev–Trinajstić information content (AvgIpc) is 2.77. The molecule has 0 saturated carbocycles. The molecule has 0 spiro atoms. The maximum atomic E-state index is 11.9. The van der Waals surface area contributed by atoms with Gasteiger partial charge in [-0.25, -0.2) is 0 Å². The Bertz CT molecular complexity index is 549. The average molecular weight is 245 g/mol. The van der Waals surface area contributed by atoms with Gasteiger partial charge in [-0.05, 0) is 30.7 Å². The largest absolute Gasteiger partial charge is 0.288 e. The molecular weight excluding hydrogens is 230 g/mol. The van der Waals surface area contributed by atoms with Crippen molar-refractivity contribution in [2.45, 2.75) is 26.8 Å². The second kappa shape index (κ2) is 5.39. The number of benzene rings is 1. The van der Waals surface area contributed by atoms with Crippen molar-refractivity contribution in [3.05, 3.63) is 35.4 Å². The molecule has 0 aliphatic rings. The number of hydrogen-bond acceptors (Lipinski definition) is 4. The van der Waals surface area contributed by atoms with Crippen LogP contribution >= 0.6 is 0 Å². The third kappa shape index (κ3) is 2.91. The molecular formula is C12H15N5O. The molecule has 0 radical (unpaired) electrons. The molecule has 1 aromatic heterocycles. The second-order valence-electron chi connectivity index (χ2n) is 4.03. The third-order valence-electron chi connectivity index (χ3n) is 2.38. The summed E-state index contributed by atoms with van der Waals surface area (Å²) in [6.07, 6.45) is 0.918. The number of carbonyl (C=O) groups excluding carboxylic acids is 1. The molecule has 1 amide bonds. The van der Waals surface area contributed by atoms with Crippen molar-refractivity contribution >= 4 is 11.9 Å². The van der Waals surface area contributed by atoms with E-state index in [9.17, 15) is 4.79 Å². The van der Waals surface area contributed by atoms with Gasteiger partial charge in [-0.2, -0.15) is 4.80 Å². The van der Waals surface area contributed by atoms with Crippen LogP contribution in [-0.4, -0.2) is 26.1 Å². The van der Waals surface area contributed by atoms with Gasteiger partial charge in [0, 0.05) is 5.56 Å². The van der Waals surface area contributed by atoms with Crippen LogP contribution in [-0.2, 0) is 6.54 Å². The summed E-state index contributed by atoms with van der Waals surface area (Å²) in [6, 6.07) is 7.34. The van der Waals surface area contributed by atoms with E-state index in [1.807, 2.05) is 32.0 Å². The van der Waals surface area contributed by atoms with Gasteiger partial charge in [-0.1, -0.05) is 29.7 Å². The first kappa shape index (κ1) is 12.2. The molecule has 0 atom stereocenters. The Labute approximate surface area is 105 Å². The van der Waals surface area contributed by atoms with Crippen molar-refractivity contribution in [2.75, 3.05) is 5.32 Å². The molecule has 18 heavy (non-hydrogen) atoms. The summed E-state index contributed by atoms with van der Waals surface area (Å²) in [5, 5.41) is 14.3. The molecule has 0 saturated heterocycles. The molecule has 0 unspecified atom stereocenters. The number of nitrogens with zero attached hydrogens (tertiary/aromatic N) is 4. The van der Waals surface area contributed by atoms with E-state index >= 15 is 0 Å². The molecule has 0 aliphatic carbocycles. The molecule has 0 aliphatic heterocycles. The van der Waals surface area contributed by atoms with Gasteiger partial charge in [-0.15, -0.1) is 5.10 Å². The lowest BCUT2D eigenvalue weighted by molar-refractivity contribution is 0.102. The van der Waals surface area contributed by atoms with Gasteiger partial charge in [0.1, 0.15) is 0 Å². The molecule has 1 heterocycles. The first-order valence-electron chi connectivity index (χ1n) is 5.85. The number of carbonyl (C=O) groups is 1. The minimum Gasteiger partial charge on any atom is -0.288 e. The third-order valence-corrected chi connectivity index (χ3v) is 2.38. The van der Waals surface area contributed by atoms with Crippen LogP contribution in [0.2, 0.25) is 0 Å². The molecule has 1 aromatic carbocycles. The summed E-state index contributed by atoms with van der Waals surface area (Å²) in [4.78, 5) is 13.4. The number of aromatic nitrogens is 4. The predicted octanol–water partition coefficient (Wildman–Crippen LogP) is 1.64. The van der Waals surface area contributed by atoms with Gasteiger partial charge in [0.05, 0.1) is 6.54 Å². The zero-order valence-corrected chi connectivity index (χ0v) is 10.4. The number of hydrogen-bond donors (Lipinski definition) is 1. The van der Waals surface area contributed by atoms with E-state index < -0.39 is 0 Å². The quantitative estimate of drug-likeness (QED) is 0.888. The van der Waals surface area contributed by atoms with Crippen molar-refractivity contribution in [3.8, 4) is 0 Å². The zero-order chi connectivity index (χ0) is 13.0. The molecule has 94 valence electrons. The number of nitrogens with one attached hydrogen (secondary N) is 1. The highest BCUT2D eigenvalue weighted by Crippen LogP contribution is 2.06. The Morgan fingerprint density at radius 1 is 1.44 bits per heavy atom. The van der Waals surface area contributed by atoms with Gasteiger partial charge in [0.2, 0.25) is 0 Å². The summed E-state index contributed by atoms with van der Waals surface area (Å²) in [6.45, 7) is 4.65. The SMILES string of the molecule is CCCn1nnc(NC(=O)c2cccc(C)c2)n1. The number of tetrazole rings is 1. The number of rotatable bonds is 4. The Morgan fingerprint density at radius 2 is 2.28 bits per heavy atom. The predicted molar refractivity (Wildman–Crippen MR) is 67.2 cm³/mol. The van der Waals surface area contributed by atoms with Crippen LogP contribution in [0.3, 0.4) is 0 Å². The fraction of sp³-hybridized carbons (Fsp3) is 0.333. The topological polar surface area (TPSA) is 72.7 Å². The number of aryl methyl sites for hydroxylation is 2. The lowest BCUT2D eigenvalue weighted by Crippen LogP contribution is -2.13. The van der Waals surface area contributed by atoms with E-state index in [4.69, 9.17) is 0 Å². The van der Waals surface area contributed by atoms with Crippen LogP contribution in [0.5, 0.6) is 0 Å². The lowest BCUT2D eigenvalue weighted by atomic mass is 10.1. The molecule has 0 bridgehead atoms. The van der Waals surface area contributed by atoms with E-state index in [1.54, 1.807) is 6.07 Å². The Balaban J connectivity index is 2.06. The van der Waals surface area contributed by atoms with Crippen LogP contribution < -0.4 is 5.32 Å². The van der Waals surface area contributed by atoms with Crippen LogP contribution in [0, 0.1) is 6.92 Å². The molecule has 0 fully saturated rings. The van der Waals surface area contributed by atoms with Crippen molar-refractivity contribution in [3.63, 3.8) is 0 Å². The second-order valence-corrected chi connectivity index (χ2v) is 4.03. The maximum absolute atomic E-state index is 11.9. The highest BCUT2D eigenvalue weighted by molar-refractivity contribution is 6.03. The van der Waals surface area contributed by atoms with Crippen molar-refractivity contribution in [1.82, 2.24) is 20.2 Å². The van der Waals surface area contributed by atoms with Crippen LogP contribution in [0.1, 0.15) is 29.3 Å². The van der Waals surface area contributed by atoms with E-state index in [2.05, 4.69) is 20.7 Å². The number of amides is 1. The highest BCUT2D eigenvalue weighted by Gasteiger charge is 2.09. The monoisotopic (exact) mass is 245 g/mol. The fourth-order valence-electron chi connectivity index (χ4n) is 1.55.